The van der Waals surface area contributed by atoms with Crippen molar-refractivity contribution >= 4 is 0 Å². The Kier molecular flexibility index (Phi) is 3.79. The van der Waals surface area contributed by atoms with Gasteiger partial charge in [0.05, 0.1) is 6.04 Å². The molecule has 0 aliphatic heterocycles. The fraction of sp³-hybridized carbons (Fsp3) is 0.643. The van der Waals surface area contributed by atoms with E-state index in [0.717, 1.165) is 5.92 Å². The molecule has 94 valence electrons. The Balaban J connectivity index is 2.16. The minimum absolute atomic E-state index is 0.116. The normalized spacial score (nSPS) is 21.2. The van der Waals surface area contributed by atoms with Gasteiger partial charge in [0, 0.05) is 24.5 Å². The second kappa shape index (κ2) is 5.15. The summed E-state index contributed by atoms with van der Waals surface area (Å²) in [6.45, 7) is 4.39. The molecule has 1 heterocycles. The van der Waals surface area contributed by atoms with Gasteiger partial charge in [0.25, 0.3) is 0 Å². The fourth-order valence-electron chi connectivity index (χ4n) is 2.63. The summed E-state index contributed by atoms with van der Waals surface area (Å²) in [6, 6.07) is 5.09. The minimum Gasteiger partial charge on any atom is -0.326 e. The van der Waals surface area contributed by atoms with Crippen LogP contribution in [-0.4, -0.2) is 29.0 Å². The van der Waals surface area contributed by atoms with Crippen molar-refractivity contribution in [1.82, 2.24) is 9.88 Å². The van der Waals surface area contributed by atoms with Crippen LogP contribution in [0.4, 0.5) is 0 Å². The Bertz CT molecular complexity index is 346. The molecule has 1 saturated carbocycles. The SMILES string of the molecule is CC(N)C(c1cccnc1)N(C)C(C)C1CC1. The molecule has 2 N–H and O–H groups in total. The highest BCUT2D eigenvalue weighted by atomic mass is 15.2. The van der Waals surface area contributed by atoms with E-state index in [2.05, 4.69) is 36.8 Å². The summed E-state index contributed by atoms with van der Waals surface area (Å²) in [4.78, 5) is 6.62. The van der Waals surface area contributed by atoms with Gasteiger partial charge in [0.2, 0.25) is 0 Å². The quantitative estimate of drug-likeness (QED) is 0.847. The highest BCUT2D eigenvalue weighted by molar-refractivity contribution is 5.16. The number of nitrogens with zero attached hydrogens (tertiary/aromatic N) is 2. The summed E-state index contributed by atoms with van der Waals surface area (Å²) in [5, 5.41) is 0. The largest absolute Gasteiger partial charge is 0.326 e. The van der Waals surface area contributed by atoms with Crippen LogP contribution in [-0.2, 0) is 0 Å². The Morgan fingerprint density at radius 3 is 2.59 bits per heavy atom. The maximum atomic E-state index is 6.16. The predicted molar refractivity (Wildman–Crippen MR) is 70.6 cm³/mol. The van der Waals surface area contributed by atoms with Crippen molar-refractivity contribution in [2.75, 3.05) is 7.05 Å². The van der Waals surface area contributed by atoms with Gasteiger partial charge in [-0.25, -0.2) is 0 Å². The number of nitrogens with two attached hydrogens (primary N) is 1. The van der Waals surface area contributed by atoms with Crippen LogP contribution in [0.5, 0.6) is 0 Å². The van der Waals surface area contributed by atoms with Crippen LogP contribution in [0.1, 0.15) is 38.3 Å². The molecule has 1 aliphatic rings. The molecule has 3 nitrogen and oxygen atoms in total. The third-order valence-electron chi connectivity index (χ3n) is 3.91. The molecule has 1 fully saturated rings. The van der Waals surface area contributed by atoms with E-state index in [9.17, 15) is 0 Å². The molecule has 0 radical (unpaired) electrons. The van der Waals surface area contributed by atoms with Crippen molar-refractivity contribution in [3.05, 3.63) is 30.1 Å². The van der Waals surface area contributed by atoms with Gasteiger partial charge in [-0.2, -0.15) is 0 Å². The van der Waals surface area contributed by atoms with E-state index >= 15 is 0 Å². The van der Waals surface area contributed by atoms with Gasteiger partial charge in [0.1, 0.15) is 0 Å². The molecule has 2 rings (SSSR count). The van der Waals surface area contributed by atoms with Crippen molar-refractivity contribution in [2.45, 2.75) is 44.8 Å². The first-order chi connectivity index (χ1) is 8.11. The number of hydrogen-bond donors (Lipinski definition) is 1. The van der Waals surface area contributed by atoms with Crippen LogP contribution < -0.4 is 5.73 Å². The number of hydrogen-bond acceptors (Lipinski definition) is 3. The minimum atomic E-state index is 0.116. The molecule has 0 aromatic carbocycles. The van der Waals surface area contributed by atoms with Crippen LogP contribution >= 0.6 is 0 Å². The van der Waals surface area contributed by atoms with Crippen molar-refractivity contribution in [2.24, 2.45) is 11.7 Å². The third-order valence-corrected chi connectivity index (χ3v) is 3.91. The number of aromatic nitrogens is 1. The lowest BCUT2D eigenvalue weighted by Crippen LogP contribution is -2.42. The second-order valence-electron chi connectivity index (χ2n) is 5.33. The Labute approximate surface area is 104 Å². The maximum absolute atomic E-state index is 6.16. The van der Waals surface area contributed by atoms with Gasteiger partial charge < -0.3 is 5.73 Å². The van der Waals surface area contributed by atoms with Crippen molar-refractivity contribution in [3.63, 3.8) is 0 Å². The highest BCUT2D eigenvalue weighted by Crippen LogP contribution is 2.37. The van der Waals surface area contributed by atoms with E-state index in [-0.39, 0.29) is 12.1 Å². The lowest BCUT2D eigenvalue weighted by Gasteiger charge is -2.36. The monoisotopic (exact) mass is 233 g/mol. The van der Waals surface area contributed by atoms with Crippen LogP contribution in [0, 0.1) is 5.92 Å². The van der Waals surface area contributed by atoms with Crippen LogP contribution in [0.15, 0.2) is 24.5 Å². The molecule has 3 heteroatoms. The van der Waals surface area contributed by atoms with Crippen LogP contribution in [0.25, 0.3) is 0 Å². The molecule has 0 spiro atoms. The van der Waals surface area contributed by atoms with Crippen molar-refractivity contribution in [3.8, 4) is 0 Å². The van der Waals surface area contributed by atoms with Gasteiger partial charge in [-0.3, -0.25) is 9.88 Å². The number of pyridine rings is 1. The molecular formula is C14H23N3. The standard InChI is InChI=1S/C14H23N3/c1-10(15)14(13-5-4-8-16-9-13)17(3)11(2)12-6-7-12/h4-5,8-12,14H,6-7,15H2,1-3H3. The van der Waals surface area contributed by atoms with E-state index in [1.807, 2.05) is 18.5 Å². The average Bonchev–Trinajstić information content (AvgIpc) is 3.13. The zero-order chi connectivity index (χ0) is 12.4. The van der Waals surface area contributed by atoms with Gasteiger partial charge in [-0.1, -0.05) is 6.07 Å². The molecule has 0 bridgehead atoms. The molecule has 1 aromatic heterocycles. The molecule has 0 saturated heterocycles. The summed E-state index contributed by atoms with van der Waals surface area (Å²) < 4.78 is 0. The first kappa shape index (κ1) is 12.5. The molecule has 1 aliphatic carbocycles. The Morgan fingerprint density at radius 2 is 2.12 bits per heavy atom. The number of likely N-dealkylation sites (N-methyl/N-ethyl adjacent to an activating group) is 1. The predicted octanol–water partition coefficient (Wildman–Crippen LogP) is 2.20. The zero-order valence-corrected chi connectivity index (χ0v) is 11.0. The van der Waals surface area contributed by atoms with Gasteiger partial charge in [0.15, 0.2) is 0 Å². The second-order valence-corrected chi connectivity index (χ2v) is 5.33. The summed E-state index contributed by atoms with van der Waals surface area (Å²) in [5.41, 5.74) is 7.38. The molecule has 3 atom stereocenters. The summed E-state index contributed by atoms with van der Waals surface area (Å²) in [7, 11) is 2.18. The fourth-order valence-corrected chi connectivity index (χ4v) is 2.63. The van der Waals surface area contributed by atoms with E-state index < -0.39 is 0 Å². The van der Waals surface area contributed by atoms with Gasteiger partial charge in [-0.05, 0) is 51.3 Å². The average molecular weight is 233 g/mol. The van der Waals surface area contributed by atoms with Crippen LogP contribution in [0.2, 0.25) is 0 Å². The first-order valence-corrected chi connectivity index (χ1v) is 6.48. The smallest absolute Gasteiger partial charge is 0.0511 e. The number of rotatable bonds is 5. The lowest BCUT2D eigenvalue weighted by molar-refractivity contribution is 0.149. The molecular weight excluding hydrogens is 210 g/mol. The molecule has 0 amide bonds. The topological polar surface area (TPSA) is 42.1 Å². The van der Waals surface area contributed by atoms with Crippen molar-refractivity contribution in [1.29, 1.82) is 0 Å². The Hall–Kier alpha value is -0.930. The highest BCUT2D eigenvalue weighted by Gasteiger charge is 2.34. The van der Waals surface area contributed by atoms with Crippen molar-refractivity contribution < 1.29 is 0 Å². The third kappa shape index (κ3) is 2.85. The summed E-state index contributed by atoms with van der Waals surface area (Å²) in [5.74, 6) is 0.859. The molecule has 17 heavy (non-hydrogen) atoms. The Morgan fingerprint density at radius 1 is 1.41 bits per heavy atom. The van der Waals surface area contributed by atoms with E-state index in [1.165, 1.54) is 18.4 Å². The van der Waals surface area contributed by atoms with Crippen LogP contribution in [0.3, 0.4) is 0 Å². The lowest BCUT2D eigenvalue weighted by atomic mass is 9.99. The first-order valence-electron chi connectivity index (χ1n) is 6.48. The van der Waals surface area contributed by atoms with E-state index in [0.29, 0.717) is 6.04 Å². The summed E-state index contributed by atoms with van der Waals surface area (Å²) >= 11 is 0. The maximum Gasteiger partial charge on any atom is 0.0511 e. The zero-order valence-electron chi connectivity index (χ0n) is 11.0. The van der Waals surface area contributed by atoms with Gasteiger partial charge >= 0.3 is 0 Å². The summed E-state index contributed by atoms with van der Waals surface area (Å²) in [6.07, 6.45) is 6.48. The van der Waals surface area contributed by atoms with E-state index in [1.54, 1.807) is 0 Å². The van der Waals surface area contributed by atoms with E-state index in [4.69, 9.17) is 5.73 Å². The van der Waals surface area contributed by atoms with Gasteiger partial charge in [-0.15, -0.1) is 0 Å². The molecule has 3 unspecified atom stereocenters. The molecule has 1 aromatic rings.